The van der Waals surface area contributed by atoms with Gasteiger partial charge in [0.05, 0.1) is 12.2 Å². The van der Waals surface area contributed by atoms with Crippen molar-refractivity contribution in [3.05, 3.63) is 60.0 Å². The summed E-state index contributed by atoms with van der Waals surface area (Å²) in [5.41, 5.74) is 1.06. The van der Waals surface area contributed by atoms with Crippen LogP contribution in [0.3, 0.4) is 0 Å². The predicted octanol–water partition coefficient (Wildman–Crippen LogP) is 3.40. The minimum absolute atomic E-state index is 0.224. The van der Waals surface area contributed by atoms with Gasteiger partial charge >= 0.3 is 6.18 Å². The quantitative estimate of drug-likeness (QED) is 0.707. The first-order chi connectivity index (χ1) is 12.4. The van der Waals surface area contributed by atoms with Gasteiger partial charge < -0.3 is 14.5 Å². The smallest absolute Gasteiger partial charge is 0.383 e. The number of carbonyl (C=O) groups is 1. The summed E-state index contributed by atoms with van der Waals surface area (Å²) in [4.78, 5) is 16.2. The third kappa shape index (κ3) is 3.85. The van der Waals surface area contributed by atoms with Crippen LogP contribution in [-0.2, 0) is 10.9 Å². The first-order valence-corrected chi connectivity index (χ1v) is 7.82. The highest BCUT2D eigenvalue weighted by atomic mass is 19.4. The molecule has 0 saturated heterocycles. The highest BCUT2D eigenvalue weighted by Crippen LogP contribution is 2.32. The van der Waals surface area contributed by atoms with Crippen molar-refractivity contribution in [2.45, 2.75) is 6.18 Å². The number of aromatic nitrogens is 2. The summed E-state index contributed by atoms with van der Waals surface area (Å²) >= 11 is 0. The molecule has 0 atom stereocenters. The molecular formula is C18H16F3N3O2. The second-order valence-electron chi connectivity index (χ2n) is 5.64. The highest BCUT2D eigenvalue weighted by Gasteiger charge is 2.30. The first kappa shape index (κ1) is 17.9. The van der Waals surface area contributed by atoms with Crippen LogP contribution in [0.15, 0.2) is 48.8 Å². The van der Waals surface area contributed by atoms with E-state index >= 15 is 0 Å². The molecule has 0 radical (unpaired) electrons. The zero-order valence-corrected chi connectivity index (χ0v) is 13.9. The van der Waals surface area contributed by atoms with Crippen molar-refractivity contribution < 1.29 is 22.7 Å². The third-order valence-electron chi connectivity index (χ3n) is 3.80. The maximum atomic E-state index is 12.9. The molecular weight excluding hydrogens is 347 g/mol. The van der Waals surface area contributed by atoms with E-state index in [4.69, 9.17) is 4.74 Å². The van der Waals surface area contributed by atoms with Crippen LogP contribution in [0.1, 0.15) is 16.1 Å². The molecule has 1 N–H and O–H groups in total. The average Bonchev–Trinajstić information content (AvgIpc) is 3.04. The Balaban J connectivity index is 1.89. The largest absolute Gasteiger partial charge is 0.416 e. The zero-order valence-electron chi connectivity index (χ0n) is 13.9. The molecule has 0 fully saturated rings. The molecule has 3 rings (SSSR count). The van der Waals surface area contributed by atoms with Crippen LogP contribution < -0.4 is 5.32 Å². The summed E-state index contributed by atoms with van der Waals surface area (Å²) in [6.45, 7) is 0.748. The molecule has 136 valence electrons. The van der Waals surface area contributed by atoms with Gasteiger partial charge in [0.2, 0.25) is 0 Å². The van der Waals surface area contributed by atoms with E-state index < -0.39 is 11.7 Å². The number of hydrogen-bond donors (Lipinski definition) is 1. The summed E-state index contributed by atoms with van der Waals surface area (Å²) in [7, 11) is 1.53. The Morgan fingerprint density at radius 2 is 2.00 bits per heavy atom. The molecule has 3 aromatic rings. The van der Waals surface area contributed by atoms with Crippen LogP contribution in [0.25, 0.3) is 16.8 Å². The van der Waals surface area contributed by atoms with Crippen LogP contribution in [0, 0.1) is 0 Å². The van der Waals surface area contributed by atoms with Crippen LogP contribution in [0.4, 0.5) is 13.2 Å². The lowest BCUT2D eigenvalue weighted by Crippen LogP contribution is -2.27. The van der Waals surface area contributed by atoms with E-state index in [1.807, 2.05) is 0 Å². The number of alkyl halides is 3. The van der Waals surface area contributed by atoms with Crippen molar-refractivity contribution in [1.29, 1.82) is 0 Å². The Hall–Kier alpha value is -2.87. The Bertz CT molecular complexity index is 935. The first-order valence-electron chi connectivity index (χ1n) is 7.82. The number of rotatable bonds is 5. The van der Waals surface area contributed by atoms with Gasteiger partial charge in [0.15, 0.2) is 0 Å². The number of imidazole rings is 1. The van der Waals surface area contributed by atoms with Crippen molar-refractivity contribution in [2.24, 2.45) is 0 Å². The molecule has 1 aromatic carbocycles. The Morgan fingerprint density at radius 1 is 1.19 bits per heavy atom. The fourth-order valence-corrected chi connectivity index (χ4v) is 2.50. The normalized spacial score (nSPS) is 11.7. The number of ether oxygens (including phenoxy) is 1. The van der Waals surface area contributed by atoms with Crippen LogP contribution >= 0.6 is 0 Å². The third-order valence-corrected chi connectivity index (χ3v) is 3.80. The number of nitrogens with zero attached hydrogens (tertiary/aromatic N) is 2. The van der Waals surface area contributed by atoms with Gasteiger partial charge in [0.1, 0.15) is 11.3 Å². The molecule has 1 amide bonds. The second kappa shape index (κ2) is 7.17. The number of amides is 1. The molecule has 2 heterocycles. The summed E-state index contributed by atoms with van der Waals surface area (Å²) < 4.78 is 45.1. The predicted molar refractivity (Wildman–Crippen MR) is 89.8 cm³/mol. The second-order valence-corrected chi connectivity index (χ2v) is 5.64. The lowest BCUT2D eigenvalue weighted by Gasteiger charge is -2.09. The van der Waals surface area contributed by atoms with E-state index in [-0.39, 0.29) is 11.6 Å². The molecule has 5 nitrogen and oxygen atoms in total. The van der Waals surface area contributed by atoms with Gasteiger partial charge in [-0.2, -0.15) is 13.2 Å². The zero-order chi connectivity index (χ0) is 18.7. The van der Waals surface area contributed by atoms with Crippen molar-refractivity contribution in [3.8, 4) is 11.1 Å². The van der Waals surface area contributed by atoms with E-state index in [1.165, 1.54) is 19.4 Å². The van der Waals surface area contributed by atoms with E-state index in [0.29, 0.717) is 29.9 Å². The molecule has 0 saturated carbocycles. The average molecular weight is 363 g/mol. The van der Waals surface area contributed by atoms with Crippen LogP contribution in [-0.4, -0.2) is 35.6 Å². The molecule has 8 heteroatoms. The Morgan fingerprint density at radius 3 is 2.73 bits per heavy atom. The summed E-state index contributed by atoms with van der Waals surface area (Å²) in [5.74, 6) is -0.341. The van der Waals surface area contributed by atoms with Crippen molar-refractivity contribution in [1.82, 2.24) is 14.7 Å². The Kier molecular flexibility index (Phi) is 4.94. The van der Waals surface area contributed by atoms with Gasteiger partial charge in [-0.05, 0) is 35.4 Å². The topological polar surface area (TPSA) is 55.6 Å². The maximum absolute atomic E-state index is 12.9. The maximum Gasteiger partial charge on any atom is 0.416 e. The minimum Gasteiger partial charge on any atom is -0.383 e. The molecule has 0 aliphatic heterocycles. The number of benzene rings is 1. The van der Waals surface area contributed by atoms with Gasteiger partial charge in [0.25, 0.3) is 5.91 Å². The molecule has 2 aromatic heterocycles. The molecule has 0 aliphatic rings. The number of hydrogen-bond acceptors (Lipinski definition) is 3. The number of methoxy groups -OCH3 is 1. The van der Waals surface area contributed by atoms with Gasteiger partial charge in [-0.3, -0.25) is 4.79 Å². The Labute approximate surface area is 147 Å². The van der Waals surface area contributed by atoms with Crippen LogP contribution in [0.5, 0.6) is 0 Å². The van der Waals surface area contributed by atoms with Gasteiger partial charge in [-0.15, -0.1) is 0 Å². The van der Waals surface area contributed by atoms with E-state index in [9.17, 15) is 18.0 Å². The number of pyridine rings is 1. The molecule has 26 heavy (non-hydrogen) atoms. The van der Waals surface area contributed by atoms with E-state index in [1.54, 1.807) is 28.8 Å². The van der Waals surface area contributed by atoms with Crippen LogP contribution in [0.2, 0.25) is 0 Å². The fraction of sp³-hybridized carbons (Fsp3) is 0.222. The van der Waals surface area contributed by atoms with Crippen molar-refractivity contribution >= 4 is 11.6 Å². The molecule has 0 aliphatic carbocycles. The van der Waals surface area contributed by atoms with E-state index in [0.717, 1.165) is 12.1 Å². The van der Waals surface area contributed by atoms with Crippen molar-refractivity contribution in [3.63, 3.8) is 0 Å². The van der Waals surface area contributed by atoms with Crippen molar-refractivity contribution in [2.75, 3.05) is 20.3 Å². The molecule has 0 unspecified atom stereocenters. The molecule has 0 spiro atoms. The summed E-state index contributed by atoms with van der Waals surface area (Å²) in [5, 5.41) is 2.67. The standard InChI is InChI=1S/C18H16F3N3O2/c1-26-8-7-22-17(25)15-11-24-10-13(5-6-16(24)23-15)12-3-2-4-14(9-12)18(19,20)21/h2-6,9-11H,7-8H2,1H3,(H,22,25). The monoisotopic (exact) mass is 363 g/mol. The minimum atomic E-state index is -4.40. The summed E-state index contributed by atoms with van der Waals surface area (Å²) in [6.07, 6.45) is -1.22. The number of halogens is 3. The number of fused-ring (bicyclic) bond motifs is 1. The fourth-order valence-electron chi connectivity index (χ4n) is 2.50. The SMILES string of the molecule is COCCNC(=O)c1cn2cc(-c3cccc(C(F)(F)F)c3)ccc2n1. The molecule has 0 bridgehead atoms. The number of carbonyl (C=O) groups excluding carboxylic acids is 1. The van der Waals surface area contributed by atoms with E-state index in [2.05, 4.69) is 10.3 Å². The lowest BCUT2D eigenvalue weighted by molar-refractivity contribution is -0.137. The summed E-state index contributed by atoms with van der Waals surface area (Å²) in [6, 6.07) is 8.42. The van der Waals surface area contributed by atoms with Gasteiger partial charge in [-0.25, -0.2) is 4.98 Å². The van der Waals surface area contributed by atoms with Gasteiger partial charge in [-0.1, -0.05) is 12.1 Å². The highest BCUT2D eigenvalue weighted by molar-refractivity contribution is 5.92. The lowest BCUT2D eigenvalue weighted by atomic mass is 10.0. The van der Waals surface area contributed by atoms with Gasteiger partial charge in [0, 0.05) is 26.0 Å². The number of nitrogens with one attached hydrogen (secondary N) is 1.